The maximum absolute atomic E-state index is 12.7. The van der Waals surface area contributed by atoms with Crippen LogP contribution in [-0.2, 0) is 11.3 Å². The van der Waals surface area contributed by atoms with Gasteiger partial charge in [0, 0.05) is 37.6 Å². The molecule has 1 aromatic heterocycles. The molecular formula is C26H25N5O. The summed E-state index contributed by atoms with van der Waals surface area (Å²) in [5.41, 5.74) is 8.03. The fourth-order valence-electron chi connectivity index (χ4n) is 4.21. The second-order valence-corrected chi connectivity index (χ2v) is 8.05. The van der Waals surface area contributed by atoms with Gasteiger partial charge in [-0.25, -0.2) is 9.97 Å². The molecule has 0 aliphatic carbocycles. The summed E-state index contributed by atoms with van der Waals surface area (Å²) in [6, 6.07) is 22.1. The summed E-state index contributed by atoms with van der Waals surface area (Å²) in [5.74, 6) is 1.28. The highest BCUT2D eigenvalue weighted by Gasteiger charge is 2.20. The maximum Gasteiger partial charge on any atom is 0.246 e. The maximum atomic E-state index is 12.7. The van der Waals surface area contributed by atoms with E-state index in [4.69, 9.17) is 5.73 Å². The number of rotatable bonds is 4. The number of hydrogen-bond donors (Lipinski definition) is 1. The first-order valence-electron chi connectivity index (χ1n) is 10.9. The van der Waals surface area contributed by atoms with Crippen LogP contribution in [0, 0.1) is 0 Å². The zero-order valence-corrected chi connectivity index (χ0v) is 17.8. The molecule has 0 radical (unpaired) electrons. The Hall–Kier alpha value is -3.77. The topological polar surface area (TPSA) is 75.3 Å². The molecule has 2 N–H and O–H groups in total. The van der Waals surface area contributed by atoms with Crippen molar-refractivity contribution in [2.24, 2.45) is 0 Å². The van der Waals surface area contributed by atoms with Gasteiger partial charge in [-0.3, -0.25) is 9.69 Å². The Morgan fingerprint density at radius 2 is 1.59 bits per heavy atom. The first-order valence-corrected chi connectivity index (χ1v) is 10.9. The molecular weight excluding hydrogens is 398 g/mol. The van der Waals surface area contributed by atoms with Gasteiger partial charge in [0.05, 0.1) is 12.1 Å². The van der Waals surface area contributed by atoms with Crippen molar-refractivity contribution in [3.05, 3.63) is 84.2 Å². The average Bonchev–Trinajstić information content (AvgIpc) is 2.83. The van der Waals surface area contributed by atoms with E-state index in [9.17, 15) is 4.79 Å². The standard InChI is InChI=1S/C26H25N5O/c27-26-22-10-3-4-11-23(22)28-24(29-26)18-30-14-16-31(17-15-30)25(32)13-12-20-8-5-7-19-6-1-2-9-21(19)20/h1-13H,14-18H2,(H2,27,28,29)/b13-12+. The summed E-state index contributed by atoms with van der Waals surface area (Å²) < 4.78 is 0. The van der Waals surface area contributed by atoms with E-state index >= 15 is 0 Å². The van der Waals surface area contributed by atoms with E-state index in [0.29, 0.717) is 25.5 Å². The predicted octanol–water partition coefficient (Wildman–Crippen LogP) is 3.72. The fraction of sp³-hybridized carbons (Fsp3) is 0.192. The molecule has 1 fully saturated rings. The summed E-state index contributed by atoms with van der Waals surface area (Å²) in [6.45, 7) is 3.56. The van der Waals surface area contributed by atoms with Crippen LogP contribution in [0.3, 0.4) is 0 Å². The van der Waals surface area contributed by atoms with Crippen LogP contribution >= 0.6 is 0 Å². The number of anilines is 1. The van der Waals surface area contributed by atoms with E-state index in [1.807, 2.05) is 59.5 Å². The fourth-order valence-corrected chi connectivity index (χ4v) is 4.21. The highest BCUT2D eigenvalue weighted by atomic mass is 16.2. The molecule has 1 amide bonds. The predicted molar refractivity (Wildman–Crippen MR) is 129 cm³/mol. The van der Waals surface area contributed by atoms with Crippen molar-refractivity contribution in [2.75, 3.05) is 31.9 Å². The molecule has 160 valence electrons. The third-order valence-corrected chi connectivity index (χ3v) is 5.96. The van der Waals surface area contributed by atoms with E-state index in [-0.39, 0.29) is 5.91 Å². The number of nitrogens with two attached hydrogens (primary N) is 1. The van der Waals surface area contributed by atoms with Crippen LogP contribution in [0.5, 0.6) is 0 Å². The summed E-state index contributed by atoms with van der Waals surface area (Å²) in [5, 5.41) is 3.20. The van der Waals surface area contributed by atoms with Gasteiger partial charge in [-0.1, -0.05) is 54.6 Å². The molecule has 0 bridgehead atoms. The number of nitrogen functional groups attached to an aromatic ring is 1. The molecule has 0 unspecified atom stereocenters. The number of nitrogens with zero attached hydrogens (tertiary/aromatic N) is 4. The van der Waals surface area contributed by atoms with Crippen molar-refractivity contribution in [2.45, 2.75) is 6.54 Å². The van der Waals surface area contributed by atoms with Gasteiger partial charge in [0.15, 0.2) is 0 Å². The lowest BCUT2D eigenvalue weighted by Crippen LogP contribution is -2.48. The van der Waals surface area contributed by atoms with Crippen molar-refractivity contribution < 1.29 is 4.79 Å². The number of piperazine rings is 1. The molecule has 6 heteroatoms. The molecule has 5 rings (SSSR count). The van der Waals surface area contributed by atoms with Crippen molar-refractivity contribution in [1.82, 2.24) is 19.8 Å². The van der Waals surface area contributed by atoms with E-state index in [1.54, 1.807) is 6.08 Å². The number of para-hydroxylation sites is 1. The zero-order chi connectivity index (χ0) is 21.9. The van der Waals surface area contributed by atoms with Gasteiger partial charge in [0.25, 0.3) is 0 Å². The Morgan fingerprint density at radius 3 is 2.44 bits per heavy atom. The minimum atomic E-state index is 0.0452. The Balaban J connectivity index is 1.21. The van der Waals surface area contributed by atoms with Gasteiger partial charge in [-0.05, 0) is 34.5 Å². The summed E-state index contributed by atoms with van der Waals surface area (Å²) >= 11 is 0. The highest BCUT2D eigenvalue weighted by molar-refractivity contribution is 5.96. The number of hydrogen-bond acceptors (Lipinski definition) is 5. The SMILES string of the molecule is Nc1nc(CN2CCN(C(=O)/C=C/c3cccc4ccccc34)CC2)nc2ccccc12. The normalized spacial score (nSPS) is 15.1. The molecule has 6 nitrogen and oxygen atoms in total. The number of fused-ring (bicyclic) bond motifs is 2. The van der Waals surface area contributed by atoms with Crippen LogP contribution in [0.25, 0.3) is 27.8 Å². The third-order valence-electron chi connectivity index (χ3n) is 5.96. The number of carbonyl (C=O) groups excluding carboxylic acids is 1. The van der Waals surface area contributed by atoms with E-state index in [2.05, 4.69) is 33.1 Å². The number of carbonyl (C=O) groups is 1. The molecule has 1 saturated heterocycles. The van der Waals surface area contributed by atoms with Crippen molar-refractivity contribution >= 4 is 39.5 Å². The lowest BCUT2D eigenvalue weighted by molar-refractivity contribution is -0.127. The van der Waals surface area contributed by atoms with Crippen molar-refractivity contribution in [1.29, 1.82) is 0 Å². The first kappa shape index (κ1) is 20.2. The molecule has 0 spiro atoms. The van der Waals surface area contributed by atoms with Crippen LogP contribution in [0.2, 0.25) is 0 Å². The van der Waals surface area contributed by atoms with Crippen LogP contribution in [0.1, 0.15) is 11.4 Å². The Morgan fingerprint density at radius 1 is 0.875 bits per heavy atom. The van der Waals surface area contributed by atoms with Crippen LogP contribution in [0.4, 0.5) is 5.82 Å². The minimum absolute atomic E-state index is 0.0452. The van der Waals surface area contributed by atoms with E-state index in [0.717, 1.165) is 40.8 Å². The van der Waals surface area contributed by atoms with Gasteiger partial charge in [0.2, 0.25) is 5.91 Å². The molecule has 3 aromatic carbocycles. The Bertz CT molecular complexity index is 1300. The number of benzene rings is 3. The van der Waals surface area contributed by atoms with E-state index < -0.39 is 0 Å². The quantitative estimate of drug-likeness (QED) is 0.506. The molecule has 1 aliphatic rings. The second-order valence-electron chi connectivity index (χ2n) is 8.05. The molecule has 0 saturated carbocycles. The minimum Gasteiger partial charge on any atom is -0.383 e. The molecule has 0 atom stereocenters. The monoisotopic (exact) mass is 423 g/mol. The van der Waals surface area contributed by atoms with E-state index in [1.165, 1.54) is 5.39 Å². The molecule has 1 aliphatic heterocycles. The van der Waals surface area contributed by atoms with Crippen molar-refractivity contribution in [3.63, 3.8) is 0 Å². The Kier molecular flexibility index (Phi) is 5.52. The van der Waals surface area contributed by atoms with Gasteiger partial charge >= 0.3 is 0 Å². The molecule has 4 aromatic rings. The largest absolute Gasteiger partial charge is 0.383 e. The van der Waals surface area contributed by atoms with Crippen molar-refractivity contribution in [3.8, 4) is 0 Å². The average molecular weight is 424 g/mol. The third kappa shape index (κ3) is 4.18. The van der Waals surface area contributed by atoms with Crippen LogP contribution < -0.4 is 5.73 Å². The summed E-state index contributed by atoms with van der Waals surface area (Å²) in [4.78, 5) is 26.0. The summed E-state index contributed by atoms with van der Waals surface area (Å²) in [7, 11) is 0. The number of amides is 1. The lowest BCUT2D eigenvalue weighted by Gasteiger charge is -2.33. The van der Waals surface area contributed by atoms with Gasteiger partial charge in [-0.2, -0.15) is 0 Å². The molecule has 2 heterocycles. The second kappa shape index (κ2) is 8.77. The van der Waals surface area contributed by atoms with Crippen LogP contribution in [0.15, 0.2) is 72.8 Å². The van der Waals surface area contributed by atoms with Gasteiger partial charge in [0.1, 0.15) is 11.6 Å². The summed E-state index contributed by atoms with van der Waals surface area (Å²) in [6.07, 6.45) is 3.60. The number of aromatic nitrogens is 2. The van der Waals surface area contributed by atoms with Crippen LogP contribution in [-0.4, -0.2) is 51.9 Å². The smallest absolute Gasteiger partial charge is 0.246 e. The zero-order valence-electron chi connectivity index (χ0n) is 17.8. The molecule has 32 heavy (non-hydrogen) atoms. The van der Waals surface area contributed by atoms with Gasteiger partial charge < -0.3 is 10.6 Å². The first-order chi connectivity index (χ1) is 15.7. The highest BCUT2D eigenvalue weighted by Crippen LogP contribution is 2.20. The lowest BCUT2D eigenvalue weighted by atomic mass is 10.0. The Labute approximate surface area is 187 Å². The van der Waals surface area contributed by atoms with Gasteiger partial charge in [-0.15, -0.1) is 0 Å².